The zero-order valence-electron chi connectivity index (χ0n) is 17.7. The Labute approximate surface area is 181 Å². The second kappa shape index (κ2) is 8.63. The molecule has 2 fully saturated rings. The fourth-order valence-electron chi connectivity index (χ4n) is 5.25. The first kappa shape index (κ1) is 19.9. The molecule has 5 rings (SSSR count). The average Bonchev–Trinajstić information content (AvgIpc) is 2.83. The van der Waals surface area contributed by atoms with Gasteiger partial charge in [-0.1, -0.05) is 30.7 Å². The van der Waals surface area contributed by atoms with Crippen molar-refractivity contribution in [1.82, 2.24) is 19.8 Å². The summed E-state index contributed by atoms with van der Waals surface area (Å²) in [7, 11) is 0. The molecular formula is C25H28N4O2. The molecule has 2 unspecified atom stereocenters. The maximum absolute atomic E-state index is 13.2. The van der Waals surface area contributed by atoms with Crippen molar-refractivity contribution >= 4 is 16.8 Å². The van der Waals surface area contributed by atoms with E-state index in [-0.39, 0.29) is 11.5 Å². The van der Waals surface area contributed by atoms with Crippen molar-refractivity contribution in [2.24, 2.45) is 5.92 Å². The van der Waals surface area contributed by atoms with Crippen LogP contribution in [0.5, 0.6) is 0 Å². The van der Waals surface area contributed by atoms with Gasteiger partial charge >= 0.3 is 0 Å². The first-order valence-corrected chi connectivity index (χ1v) is 11.3. The van der Waals surface area contributed by atoms with Crippen molar-refractivity contribution in [3.05, 3.63) is 70.8 Å². The number of hydrogen-bond acceptors (Lipinski definition) is 4. The minimum absolute atomic E-state index is 0.136. The highest BCUT2D eigenvalue weighted by atomic mass is 16.2. The summed E-state index contributed by atoms with van der Waals surface area (Å²) >= 11 is 0. The molecular weight excluding hydrogens is 388 g/mol. The molecule has 0 saturated carbocycles. The largest absolute Gasteiger partial charge is 0.352 e. The Bertz CT molecular complexity index is 1150. The molecule has 3 aromatic rings. The van der Waals surface area contributed by atoms with Crippen LogP contribution in [0.3, 0.4) is 0 Å². The van der Waals surface area contributed by atoms with Gasteiger partial charge in [0.05, 0.1) is 22.2 Å². The van der Waals surface area contributed by atoms with Gasteiger partial charge in [-0.25, -0.2) is 4.98 Å². The molecule has 2 aliphatic rings. The molecule has 3 heterocycles. The maximum atomic E-state index is 13.2. The van der Waals surface area contributed by atoms with Crippen molar-refractivity contribution in [2.75, 3.05) is 19.6 Å². The Balaban J connectivity index is 1.39. The van der Waals surface area contributed by atoms with E-state index in [9.17, 15) is 9.59 Å². The molecule has 160 valence electrons. The van der Waals surface area contributed by atoms with Crippen LogP contribution in [0, 0.1) is 5.92 Å². The molecule has 2 aliphatic heterocycles. The highest BCUT2D eigenvalue weighted by Gasteiger charge is 2.33. The van der Waals surface area contributed by atoms with E-state index in [0.29, 0.717) is 40.7 Å². The summed E-state index contributed by atoms with van der Waals surface area (Å²) in [5.74, 6) is 0.360. The summed E-state index contributed by atoms with van der Waals surface area (Å²) in [4.78, 5) is 33.2. The number of para-hydroxylation sites is 2. The van der Waals surface area contributed by atoms with Gasteiger partial charge in [-0.05, 0) is 69.0 Å². The summed E-state index contributed by atoms with van der Waals surface area (Å²) in [6.45, 7) is 3.06. The topological polar surface area (TPSA) is 67.2 Å². The third-order valence-electron chi connectivity index (χ3n) is 6.83. The molecule has 0 radical (unpaired) electrons. The monoisotopic (exact) mass is 416 g/mol. The van der Waals surface area contributed by atoms with Crippen LogP contribution in [0.4, 0.5) is 0 Å². The van der Waals surface area contributed by atoms with Gasteiger partial charge in [0.1, 0.15) is 6.33 Å². The van der Waals surface area contributed by atoms with Crippen LogP contribution in [0.25, 0.3) is 16.6 Å². The second-order valence-electron chi connectivity index (χ2n) is 8.67. The lowest BCUT2D eigenvalue weighted by Gasteiger charge is -2.44. The highest BCUT2D eigenvalue weighted by molar-refractivity contribution is 5.97. The lowest BCUT2D eigenvalue weighted by atomic mass is 9.83. The number of aromatic nitrogens is 2. The molecule has 1 N–H and O–H groups in total. The van der Waals surface area contributed by atoms with Crippen LogP contribution in [0.1, 0.15) is 42.5 Å². The van der Waals surface area contributed by atoms with Gasteiger partial charge < -0.3 is 10.2 Å². The van der Waals surface area contributed by atoms with Crippen LogP contribution in [-0.4, -0.2) is 46.0 Å². The number of nitrogens with one attached hydrogen (secondary N) is 1. The van der Waals surface area contributed by atoms with Gasteiger partial charge in [0, 0.05) is 12.6 Å². The molecule has 1 amide bonds. The Morgan fingerprint density at radius 1 is 1.00 bits per heavy atom. The quantitative estimate of drug-likeness (QED) is 0.708. The van der Waals surface area contributed by atoms with E-state index in [1.807, 2.05) is 30.3 Å². The molecule has 0 bridgehead atoms. The average molecular weight is 417 g/mol. The first-order chi connectivity index (χ1) is 15.2. The fraction of sp³-hybridized carbons (Fsp3) is 0.400. The Morgan fingerprint density at radius 2 is 1.81 bits per heavy atom. The van der Waals surface area contributed by atoms with E-state index >= 15 is 0 Å². The predicted octanol–water partition coefficient (Wildman–Crippen LogP) is 3.38. The van der Waals surface area contributed by atoms with E-state index in [1.54, 1.807) is 18.2 Å². The van der Waals surface area contributed by atoms with Crippen molar-refractivity contribution < 1.29 is 4.79 Å². The van der Waals surface area contributed by atoms with Gasteiger partial charge in [0.15, 0.2) is 0 Å². The lowest BCUT2D eigenvalue weighted by Crippen LogP contribution is -2.51. The number of nitrogens with zero attached hydrogens (tertiary/aromatic N) is 3. The molecule has 6 nitrogen and oxygen atoms in total. The summed E-state index contributed by atoms with van der Waals surface area (Å²) in [5.41, 5.74) is 1.54. The zero-order chi connectivity index (χ0) is 21.2. The fourth-order valence-corrected chi connectivity index (χ4v) is 5.25. The van der Waals surface area contributed by atoms with E-state index in [2.05, 4.69) is 15.2 Å². The van der Waals surface area contributed by atoms with Crippen molar-refractivity contribution in [2.45, 2.75) is 38.1 Å². The number of benzene rings is 2. The van der Waals surface area contributed by atoms with Crippen LogP contribution in [-0.2, 0) is 0 Å². The van der Waals surface area contributed by atoms with E-state index in [0.717, 1.165) is 6.42 Å². The molecule has 2 aromatic carbocycles. The summed E-state index contributed by atoms with van der Waals surface area (Å²) in [5, 5.41) is 3.71. The van der Waals surface area contributed by atoms with Gasteiger partial charge in [-0.3, -0.25) is 14.2 Å². The minimum atomic E-state index is -0.170. The highest BCUT2D eigenvalue weighted by Crippen LogP contribution is 2.30. The maximum Gasteiger partial charge on any atom is 0.265 e. The number of rotatable bonds is 4. The number of carbonyl (C=O) groups is 1. The van der Waals surface area contributed by atoms with Gasteiger partial charge in [0.25, 0.3) is 11.5 Å². The third-order valence-corrected chi connectivity index (χ3v) is 6.83. The van der Waals surface area contributed by atoms with E-state index in [4.69, 9.17) is 0 Å². The van der Waals surface area contributed by atoms with Crippen molar-refractivity contribution in [3.8, 4) is 5.69 Å². The number of piperidine rings is 2. The Kier molecular flexibility index (Phi) is 5.55. The van der Waals surface area contributed by atoms with E-state index < -0.39 is 0 Å². The second-order valence-corrected chi connectivity index (χ2v) is 8.67. The standard InChI is InChI=1S/C25H28N4O2/c30-24(26-16-18-8-7-15-28-14-6-5-12-22(18)28)20-10-2-4-13-23(20)29-17-27-21-11-3-1-9-19(21)25(29)31/h1-4,9-11,13,17-18,22H,5-8,12,14-16H2,(H,26,30). The molecule has 2 saturated heterocycles. The number of carbonyl (C=O) groups excluding carboxylic acids is 1. The molecule has 0 aliphatic carbocycles. The Hall–Kier alpha value is -2.99. The van der Waals surface area contributed by atoms with E-state index in [1.165, 1.54) is 49.7 Å². The summed E-state index contributed by atoms with van der Waals surface area (Å²) in [6, 6.07) is 15.1. The SMILES string of the molecule is O=C(NCC1CCCN2CCCCC12)c1ccccc1-n1cnc2ccccc2c1=O. The molecule has 6 heteroatoms. The zero-order valence-corrected chi connectivity index (χ0v) is 17.7. The minimum Gasteiger partial charge on any atom is -0.352 e. The predicted molar refractivity (Wildman–Crippen MR) is 122 cm³/mol. The van der Waals surface area contributed by atoms with Crippen LogP contribution >= 0.6 is 0 Å². The van der Waals surface area contributed by atoms with Gasteiger partial charge in [0.2, 0.25) is 0 Å². The molecule has 1 aromatic heterocycles. The summed E-state index contributed by atoms with van der Waals surface area (Å²) in [6.07, 6.45) is 7.68. The van der Waals surface area contributed by atoms with Crippen LogP contribution in [0.15, 0.2) is 59.7 Å². The smallest absolute Gasteiger partial charge is 0.265 e. The van der Waals surface area contributed by atoms with Crippen LogP contribution in [0.2, 0.25) is 0 Å². The van der Waals surface area contributed by atoms with Crippen molar-refractivity contribution in [1.29, 1.82) is 0 Å². The molecule has 31 heavy (non-hydrogen) atoms. The normalized spacial score (nSPS) is 21.5. The third kappa shape index (κ3) is 3.88. The Morgan fingerprint density at radius 3 is 2.74 bits per heavy atom. The first-order valence-electron chi connectivity index (χ1n) is 11.3. The molecule has 2 atom stereocenters. The van der Waals surface area contributed by atoms with Crippen molar-refractivity contribution in [3.63, 3.8) is 0 Å². The number of amides is 1. The van der Waals surface area contributed by atoms with Gasteiger partial charge in [-0.15, -0.1) is 0 Å². The van der Waals surface area contributed by atoms with Crippen LogP contribution < -0.4 is 10.9 Å². The number of fused-ring (bicyclic) bond motifs is 2. The lowest BCUT2D eigenvalue weighted by molar-refractivity contribution is 0.0575. The number of hydrogen-bond donors (Lipinski definition) is 1. The summed E-state index contributed by atoms with van der Waals surface area (Å²) < 4.78 is 1.47. The van der Waals surface area contributed by atoms with Gasteiger partial charge in [-0.2, -0.15) is 0 Å². The molecule has 0 spiro atoms.